The van der Waals surface area contributed by atoms with E-state index < -0.39 is 10.0 Å². The van der Waals surface area contributed by atoms with Crippen LogP contribution in [0, 0.1) is 0 Å². The van der Waals surface area contributed by atoms with Crippen molar-refractivity contribution < 1.29 is 8.42 Å². The number of sulfonamides is 1. The van der Waals surface area contributed by atoms with E-state index in [1.54, 1.807) is 26.2 Å². The van der Waals surface area contributed by atoms with Crippen LogP contribution in [0.5, 0.6) is 0 Å². The molecule has 1 aliphatic rings. The lowest BCUT2D eigenvalue weighted by atomic mass is 9.96. The number of nitrogens with zero attached hydrogens (tertiary/aromatic N) is 2. The summed E-state index contributed by atoms with van der Waals surface area (Å²) in [7, 11) is -0.260. The molecule has 0 radical (unpaired) electrons. The van der Waals surface area contributed by atoms with Crippen molar-refractivity contribution in [2.75, 3.05) is 20.6 Å². The van der Waals surface area contributed by atoms with Gasteiger partial charge in [-0.05, 0) is 44.0 Å². The minimum atomic E-state index is -3.35. The van der Waals surface area contributed by atoms with Crippen LogP contribution in [0.1, 0.15) is 31.7 Å². The fraction of sp³-hybridized carbons (Fsp3) is 0.625. The molecule has 5 nitrogen and oxygen atoms in total. The molecule has 0 aliphatic carbocycles. The Morgan fingerprint density at radius 2 is 1.87 bits per heavy atom. The molecule has 2 rings (SSSR count). The lowest BCUT2D eigenvalue weighted by molar-refractivity contribution is 0.123. The number of halogens is 1. The maximum atomic E-state index is 12.1. The van der Waals surface area contributed by atoms with Crippen LogP contribution in [0.3, 0.4) is 0 Å². The third-order valence-electron chi connectivity index (χ3n) is 4.36. The zero-order valence-electron chi connectivity index (χ0n) is 14.1. The standard InChI is InChI=1S/C16H27N3O2S.ClH/c1-13(17)16-6-4-5-11-19(16)12-14-7-9-15(10-8-14)22(20,21)18(2)3;/h7-10,13,16H,4-6,11-12,17H2,1-3H3;1H. The fourth-order valence-corrected chi connectivity index (χ4v) is 3.92. The monoisotopic (exact) mass is 361 g/mol. The molecule has 2 N–H and O–H groups in total. The molecule has 1 aromatic rings. The summed E-state index contributed by atoms with van der Waals surface area (Å²) in [6.45, 7) is 3.95. The summed E-state index contributed by atoms with van der Waals surface area (Å²) in [5.41, 5.74) is 7.23. The molecule has 0 saturated carbocycles. The van der Waals surface area contributed by atoms with Crippen LogP contribution in [-0.2, 0) is 16.6 Å². The van der Waals surface area contributed by atoms with Crippen molar-refractivity contribution in [1.29, 1.82) is 0 Å². The summed E-state index contributed by atoms with van der Waals surface area (Å²) < 4.78 is 25.4. The summed E-state index contributed by atoms with van der Waals surface area (Å²) in [5.74, 6) is 0. The van der Waals surface area contributed by atoms with E-state index in [9.17, 15) is 8.42 Å². The van der Waals surface area contributed by atoms with Gasteiger partial charge in [-0.3, -0.25) is 4.90 Å². The Hall–Kier alpha value is -0.660. The van der Waals surface area contributed by atoms with Crippen LogP contribution in [0.25, 0.3) is 0 Å². The van der Waals surface area contributed by atoms with Gasteiger partial charge in [0.15, 0.2) is 0 Å². The second-order valence-electron chi connectivity index (χ2n) is 6.32. The summed E-state index contributed by atoms with van der Waals surface area (Å²) in [5, 5.41) is 0. The Bertz CT molecular complexity index is 588. The number of hydrogen-bond donors (Lipinski definition) is 1. The Morgan fingerprint density at radius 3 is 2.39 bits per heavy atom. The largest absolute Gasteiger partial charge is 0.327 e. The molecule has 1 aliphatic heterocycles. The molecular weight excluding hydrogens is 334 g/mol. The molecule has 0 spiro atoms. The highest BCUT2D eigenvalue weighted by Gasteiger charge is 2.25. The third-order valence-corrected chi connectivity index (χ3v) is 6.19. The maximum absolute atomic E-state index is 12.1. The SMILES string of the molecule is CC(N)C1CCCCN1Cc1ccc(S(=O)(=O)N(C)C)cc1.Cl. The van der Waals surface area contributed by atoms with E-state index in [0.717, 1.165) is 25.1 Å². The lowest BCUT2D eigenvalue weighted by Crippen LogP contribution is -2.48. The predicted molar refractivity (Wildman–Crippen MR) is 96.3 cm³/mol. The van der Waals surface area contributed by atoms with Gasteiger partial charge in [0.1, 0.15) is 0 Å². The third kappa shape index (κ3) is 4.90. The van der Waals surface area contributed by atoms with Gasteiger partial charge in [-0.1, -0.05) is 18.6 Å². The zero-order chi connectivity index (χ0) is 16.3. The number of nitrogens with two attached hydrogens (primary N) is 1. The minimum absolute atomic E-state index is 0. The minimum Gasteiger partial charge on any atom is -0.327 e. The van der Waals surface area contributed by atoms with Gasteiger partial charge in [0.25, 0.3) is 0 Å². The van der Waals surface area contributed by atoms with E-state index in [2.05, 4.69) is 11.8 Å². The first kappa shape index (κ1) is 20.4. The van der Waals surface area contributed by atoms with Crippen molar-refractivity contribution >= 4 is 22.4 Å². The molecule has 2 unspecified atom stereocenters. The number of benzene rings is 1. The Kier molecular flexibility index (Phi) is 7.48. The molecule has 23 heavy (non-hydrogen) atoms. The van der Waals surface area contributed by atoms with E-state index >= 15 is 0 Å². The topological polar surface area (TPSA) is 66.6 Å². The molecule has 1 fully saturated rings. The second kappa shape index (κ2) is 8.44. The van der Waals surface area contributed by atoms with Crippen molar-refractivity contribution in [3.63, 3.8) is 0 Å². The lowest BCUT2D eigenvalue weighted by Gasteiger charge is -2.38. The van der Waals surface area contributed by atoms with E-state index in [4.69, 9.17) is 5.73 Å². The van der Waals surface area contributed by atoms with Crippen LogP contribution in [0.15, 0.2) is 29.2 Å². The van der Waals surface area contributed by atoms with E-state index in [0.29, 0.717) is 10.9 Å². The number of piperidine rings is 1. The first-order valence-corrected chi connectivity index (χ1v) is 9.27. The number of rotatable bonds is 5. The van der Waals surface area contributed by atoms with Crippen molar-refractivity contribution in [2.24, 2.45) is 5.73 Å². The van der Waals surface area contributed by atoms with Crippen LogP contribution in [0.2, 0.25) is 0 Å². The first-order chi connectivity index (χ1) is 10.3. The van der Waals surface area contributed by atoms with Crippen LogP contribution >= 0.6 is 12.4 Å². The average Bonchev–Trinajstić information content (AvgIpc) is 2.48. The highest BCUT2D eigenvalue weighted by Crippen LogP contribution is 2.22. The summed E-state index contributed by atoms with van der Waals surface area (Å²) in [6, 6.07) is 7.77. The zero-order valence-corrected chi connectivity index (χ0v) is 15.7. The Labute approximate surface area is 146 Å². The van der Waals surface area contributed by atoms with Gasteiger partial charge < -0.3 is 5.73 Å². The normalized spacial score (nSPS) is 21.0. The smallest absolute Gasteiger partial charge is 0.242 e. The van der Waals surface area contributed by atoms with Crippen LogP contribution < -0.4 is 5.73 Å². The molecule has 7 heteroatoms. The van der Waals surface area contributed by atoms with E-state index in [1.807, 2.05) is 12.1 Å². The predicted octanol–water partition coefficient (Wildman–Crippen LogP) is 2.06. The number of hydrogen-bond acceptors (Lipinski definition) is 4. The fourth-order valence-electron chi connectivity index (χ4n) is 3.02. The molecule has 132 valence electrons. The van der Waals surface area contributed by atoms with Crippen molar-refractivity contribution in [2.45, 2.75) is 49.7 Å². The van der Waals surface area contributed by atoms with Crippen LogP contribution in [-0.4, -0.2) is 50.3 Å². The molecule has 0 aromatic heterocycles. The summed E-state index contributed by atoms with van der Waals surface area (Å²) in [4.78, 5) is 2.76. The van der Waals surface area contributed by atoms with Gasteiger partial charge in [-0.2, -0.15) is 0 Å². The second-order valence-corrected chi connectivity index (χ2v) is 8.48. The molecule has 0 amide bonds. The van der Waals surface area contributed by atoms with Gasteiger partial charge in [0.2, 0.25) is 10.0 Å². The van der Waals surface area contributed by atoms with E-state index in [1.165, 1.54) is 17.1 Å². The average molecular weight is 362 g/mol. The van der Waals surface area contributed by atoms with Gasteiger partial charge >= 0.3 is 0 Å². The molecular formula is C16H28ClN3O2S. The molecule has 1 aromatic carbocycles. The van der Waals surface area contributed by atoms with Crippen molar-refractivity contribution in [3.8, 4) is 0 Å². The van der Waals surface area contributed by atoms with Gasteiger partial charge in [0.05, 0.1) is 4.90 Å². The van der Waals surface area contributed by atoms with Crippen molar-refractivity contribution in [1.82, 2.24) is 9.21 Å². The molecule has 1 heterocycles. The Morgan fingerprint density at radius 1 is 1.26 bits per heavy atom. The summed E-state index contributed by atoms with van der Waals surface area (Å²) >= 11 is 0. The van der Waals surface area contributed by atoms with Crippen molar-refractivity contribution in [3.05, 3.63) is 29.8 Å². The van der Waals surface area contributed by atoms with Gasteiger partial charge in [-0.25, -0.2) is 12.7 Å². The molecule has 0 bridgehead atoms. The molecule has 1 saturated heterocycles. The first-order valence-electron chi connectivity index (χ1n) is 7.83. The number of likely N-dealkylation sites (tertiary alicyclic amines) is 1. The highest BCUT2D eigenvalue weighted by molar-refractivity contribution is 7.89. The Balaban J connectivity index is 0.00000264. The van der Waals surface area contributed by atoms with Gasteiger partial charge in [0, 0.05) is 32.7 Å². The van der Waals surface area contributed by atoms with Gasteiger partial charge in [-0.15, -0.1) is 12.4 Å². The van der Waals surface area contributed by atoms with E-state index in [-0.39, 0.29) is 18.4 Å². The maximum Gasteiger partial charge on any atom is 0.242 e. The quantitative estimate of drug-likeness (QED) is 0.871. The summed E-state index contributed by atoms with van der Waals surface area (Å²) in [6.07, 6.45) is 3.59. The highest BCUT2D eigenvalue weighted by atomic mass is 35.5. The molecule has 2 atom stereocenters. The van der Waals surface area contributed by atoms with Crippen LogP contribution in [0.4, 0.5) is 0 Å².